The van der Waals surface area contributed by atoms with E-state index in [1.165, 1.54) is 0 Å². The highest BCUT2D eigenvalue weighted by molar-refractivity contribution is 6.01. The minimum absolute atomic E-state index is 0.0549. The third-order valence-electron chi connectivity index (χ3n) is 5.31. The molecule has 4 rings (SSSR count). The molecule has 2 aromatic carbocycles. The number of anilines is 2. The first-order valence-electron chi connectivity index (χ1n) is 9.98. The Balaban J connectivity index is 1.89. The Hall–Kier alpha value is -2.75. The van der Waals surface area contributed by atoms with Gasteiger partial charge in [-0.15, -0.1) is 0 Å². The van der Waals surface area contributed by atoms with Crippen LogP contribution in [0.25, 0.3) is 0 Å². The van der Waals surface area contributed by atoms with E-state index in [1.54, 1.807) is 0 Å². The van der Waals surface area contributed by atoms with Crippen LogP contribution in [-0.2, 0) is 4.79 Å². The van der Waals surface area contributed by atoms with E-state index >= 15 is 0 Å². The second-order valence-corrected chi connectivity index (χ2v) is 8.79. The summed E-state index contributed by atoms with van der Waals surface area (Å²) in [6.45, 7) is 8.36. The summed E-state index contributed by atoms with van der Waals surface area (Å²) in [5.74, 6) is 1.02. The van der Waals surface area contributed by atoms with Crippen molar-refractivity contribution in [2.45, 2.75) is 52.7 Å². The highest BCUT2D eigenvalue weighted by atomic mass is 16.5. The summed E-state index contributed by atoms with van der Waals surface area (Å²) in [6.07, 6.45) is 1.45. The summed E-state index contributed by atoms with van der Waals surface area (Å²) in [7, 11) is 0. The Morgan fingerprint density at radius 2 is 1.68 bits per heavy atom. The average molecular weight is 377 g/mol. The van der Waals surface area contributed by atoms with Gasteiger partial charge in [-0.1, -0.05) is 44.2 Å². The number of ketones is 1. The van der Waals surface area contributed by atoms with Gasteiger partial charge >= 0.3 is 0 Å². The van der Waals surface area contributed by atoms with Gasteiger partial charge in [-0.2, -0.15) is 0 Å². The predicted molar refractivity (Wildman–Crippen MR) is 114 cm³/mol. The van der Waals surface area contributed by atoms with Crippen molar-refractivity contribution in [2.75, 3.05) is 10.6 Å². The predicted octanol–water partition coefficient (Wildman–Crippen LogP) is 5.70. The second kappa shape index (κ2) is 7.01. The van der Waals surface area contributed by atoms with Crippen molar-refractivity contribution in [3.63, 3.8) is 0 Å². The van der Waals surface area contributed by atoms with Gasteiger partial charge in [-0.3, -0.25) is 4.79 Å². The van der Waals surface area contributed by atoms with E-state index in [-0.39, 0.29) is 23.3 Å². The van der Waals surface area contributed by atoms with Gasteiger partial charge in [0.25, 0.3) is 0 Å². The van der Waals surface area contributed by atoms with E-state index in [0.717, 1.165) is 40.4 Å². The van der Waals surface area contributed by atoms with Crippen LogP contribution in [0.1, 0.15) is 52.1 Å². The number of fused-ring (bicyclic) bond motifs is 1. The highest BCUT2D eigenvalue weighted by Crippen LogP contribution is 2.46. The molecule has 4 heteroatoms. The highest BCUT2D eigenvalue weighted by Gasteiger charge is 2.39. The molecule has 1 atom stereocenters. The summed E-state index contributed by atoms with van der Waals surface area (Å²) in [6, 6.07) is 15.9. The topological polar surface area (TPSA) is 50.4 Å². The van der Waals surface area contributed by atoms with Gasteiger partial charge in [0.05, 0.1) is 23.5 Å². The molecule has 2 N–H and O–H groups in total. The summed E-state index contributed by atoms with van der Waals surface area (Å²) < 4.78 is 6.09. The van der Waals surface area contributed by atoms with Gasteiger partial charge in [-0.25, -0.2) is 0 Å². The standard InChI is InChI=1S/C24H28N2O2/c1-15(2)28-21-12-8-5-9-16(21)23-22-19(13-24(3,4)14-20(22)27)25-17-10-6-7-11-18(17)26-23/h5-12,15,23,25-26H,13-14H2,1-4H3/t23-/m0/s1. The Labute approximate surface area is 167 Å². The number of rotatable bonds is 3. The first kappa shape index (κ1) is 18.6. The zero-order valence-corrected chi connectivity index (χ0v) is 17.0. The molecular formula is C24H28N2O2. The number of allylic oxidation sites excluding steroid dienone is 1. The number of hydrogen-bond acceptors (Lipinski definition) is 4. The van der Waals surface area contributed by atoms with E-state index in [1.807, 2.05) is 44.2 Å². The van der Waals surface area contributed by atoms with E-state index in [4.69, 9.17) is 4.74 Å². The number of hydrogen-bond donors (Lipinski definition) is 2. The number of ether oxygens (including phenoxy) is 1. The van der Waals surface area contributed by atoms with Crippen LogP contribution in [0.5, 0.6) is 5.75 Å². The van der Waals surface area contributed by atoms with E-state index in [2.05, 4.69) is 42.7 Å². The normalized spacial score (nSPS) is 20.6. The molecule has 0 fully saturated rings. The summed E-state index contributed by atoms with van der Waals surface area (Å²) in [4.78, 5) is 13.3. The SMILES string of the molecule is CC(C)Oc1ccccc1[C@@H]1Nc2ccccc2NC2=C1C(=O)CC(C)(C)C2. The van der Waals surface area contributed by atoms with Crippen LogP contribution in [0.15, 0.2) is 59.8 Å². The summed E-state index contributed by atoms with van der Waals surface area (Å²) >= 11 is 0. The molecule has 0 unspecified atom stereocenters. The van der Waals surface area contributed by atoms with Crippen molar-refractivity contribution in [2.24, 2.45) is 5.41 Å². The van der Waals surface area contributed by atoms with Gasteiger partial charge in [0.1, 0.15) is 5.75 Å². The first-order chi connectivity index (χ1) is 13.3. The molecule has 0 saturated heterocycles. The van der Waals surface area contributed by atoms with Crippen LogP contribution >= 0.6 is 0 Å². The quantitative estimate of drug-likeness (QED) is 0.722. The van der Waals surface area contributed by atoms with E-state index in [9.17, 15) is 4.79 Å². The molecule has 0 amide bonds. The fourth-order valence-corrected chi connectivity index (χ4v) is 4.20. The third-order valence-corrected chi connectivity index (χ3v) is 5.31. The van der Waals surface area contributed by atoms with Crippen LogP contribution in [0.4, 0.5) is 11.4 Å². The molecule has 1 heterocycles. The number of carbonyl (C=O) groups is 1. The van der Waals surface area contributed by atoms with Gasteiger partial charge in [0.15, 0.2) is 5.78 Å². The fraction of sp³-hybridized carbons (Fsp3) is 0.375. The van der Waals surface area contributed by atoms with Crippen molar-refractivity contribution in [1.29, 1.82) is 0 Å². The van der Waals surface area contributed by atoms with Crippen LogP contribution in [-0.4, -0.2) is 11.9 Å². The smallest absolute Gasteiger partial charge is 0.163 e. The summed E-state index contributed by atoms with van der Waals surface area (Å²) in [5, 5.41) is 7.19. The molecule has 0 spiro atoms. The zero-order valence-electron chi connectivity index (χ0n) is 17.0. The molecule has 0 radical (unpaired) electrons. The van der Waals surface area contributed by atoms with E-state index in [0.29, 0.717) is 6.42 Å². The number of nitrogens with one attached hydrogen (secondary N) is 2. The minimum atomic E-state index is -0.246. The Kier molecular flexibility index (Phi) is 4.66. The molecular weight excluding hydrogens is 348 g/mol. The van der Waals surface area contributed by atoms with Crippen molar-refractivity contribution in [3.05, 3.63) is 65.4 Å². The number of para-hydroxylation sites is 3. The monoisotopic (exact) mass is 376 g/mol. The number of carbonyl (C=O) groups excluding carboxylic acids is 1. The van der Waals surface area contributed by atoms with Gasteiger partial charge in [0, 0.05) is 23.3 Å². The maximum atomic E-state index is 13.3. The van der Waals surface area contributed by atoms with Gasteiger partial charge in [0.2, 0.25) is 0 Å². The molecule has 0 aromatic heterocycles. The lowest BCUT2D eigenvalue weighted by Crippen LogP contribution is -2.31. The van der Waals surface area contributed by atoms with Crippen LogP contribution < -0.4 is 15.4 Å². The van der Waals surface area contributed by atoms with Gasteiger partial charge < -0.3 is 15.4 Å². The molecule has 0 saturated carbocycles. The fourth-order valence-electron chi connectivity index (χ4n) is 4.20. The minimum Gasteiger partial charge on any atom is -0.491 e. The molecule has 1 aliphatic carbocycles. The molecule has 1 aliphatic heterocycles. The van der Waals surface area contributed by atoms with Gasteiger partial charge in [-0.05, 0) is 43.9 Å². The Morgan fingerprint density at radius 3 is 2.43 bits per heavy atom. The third kappa shape index (κ3) is 3.51. The van der Waals surface area contributed by atoms with Crippen molar-refractivity contribution in [1.82, 2.24) is 0 Å². The van der Waals surface area contributed by atoms with Crippen LogP contribution in [0.3, 0.4) is 0 Å². The van der Waals surface area contributed by atoms with Crippen molar-refractivity contribution in [3.8, 4) is 5.75 Å². The average Bonchev–Trinajstić information content (AvgIpc) is 2.77. The lowest BCUT2D eigenvalue weighted by atomic mass is 9.73. The number of benzene rings is 2. The molecule has 146 valence electrons. The largest absolute Gasteiger partial charge is 0.491 e. The lowest BCUT2D eigenvalue weighted by Gasteiger charge is -2.34. The van der Waals surface area contributed by atoms with E-state index < -0.39 is 0 Å². The Bertz CT molecular complexity index is 943. The molecule has 4 nitrogen and oxygen atoms in total. The molecule has 2 aliphatic rings. The van der Waals surface area contributed by atoms with Crippen molar-refractivity contribution < 1.29 is 9.53 Å². The molecule has 0 bridgehead atoms. The molecule has 28 heavy (non-hydrogen) atoms. The zero-order chi connectivity index (χ0) is 19.9. The Morgan fingerprint density at radius 1 is 1.00 bits per heavy atom. The van der Waals surface area contributed by atoms with Crippen molar-refractivity contribution >= 4 is 17.2 Å². The summed E-state index contributed by atoms with van der Waals surface area (Å²) in [5.41, 5.74) is 4.78. The second-order valence-electron chi connectivity index (χ2n) is 8.79. The lowest BCUT2D eigenvalue weighted by molar-refractivity contribution is -0.118. The van der Waals surface area contributed by atoms with Crippen LogP contribution in [0.2, 0.25) is 0 Å². The molecule has 2 aromatic rings. The van der Waals surface area contributed by atoms with Crippen LogP contribution in [0, 0.1) is 5.41 Å². The first-order valence-corrected chi connectivity index (χ1v) is 9.98. The maximum Gasteiger partial charge on any atom is 0.163 e. The maximum absolute atomic E-state index is 13.3. The number of Topliss-reactive ketones (excluding diaryl/α,β-unsaturated/α-hetero) is 1.